The topological polar surface area (TPSA) is 99.9 Å². The minimum absolute atomic E-state index is 0.100. The van der Waals surface area contributed by atoms with Crippen molar-refractivity contribution in [3.63, 3.8) is 0 Å². The van der Waals surface area contributed by atoms with Crippen LogP contribution in [0.15, 0.2) is 29.3 Å². The molecular weight excluding hydrogens is 312 g/mol. The maximum atomic E-state index is 11.8. The van der Waals surface area contributed by atoms with E-state index in [1.165, 1.54) is 0 Å². The van der Waals surface area contributed by atoms with Crippen LogP contribution in [0.25, 0.3) is 0 Å². The Bertz CT molecular complexity index is 658. The summed E-state index contributed by atoms with van der Waals surface area (Å²) in [7, 11) is 0. The number of pyridine rings is 1. The second-order valence-electron chi connectivity index (χ2n) is 4.12. The van der Waals surface area contributed by atoms with Gasteiger partial charge in [0, 0.05) is 18.9 Å². The zero-order valence-corrected chi connectivity index (χ0v) is 11.4. The monoisotopic (exact) mass is 322 g/mol. The fourth-order valence-corrected chi connectivity index (χ4v) is 2.53. The maximum Gasteiger partial charge on any atom is 0.277 e. The number of nitrogens with zero attached hydrogens (tertiary/aromatic N) is 3. The number of aromatic nitrogens is 3. The molecule has 1 aliphatic rings. The molecule has 3 rings (SSSR count). The molecule has 0 saturated heterocycles. The minimum Gasteiger partial charge on any atom is -0.369 e. The van der Waals surface area contributed by atoms with Crippen LogP contribution in [0.4, 0.5) is 17.5 Å². The molecule has 0 aromatic carbocycles. The van der Waals surface area contributed by atoms with E-state index in [1.807, 2.05) is 17.0 Å². The molecule has 0 radical (unpaired) electrons. The van der Waals surface area contributed by atoms with Crippen LogP contribution in [-0.2, 0) is 6.54 Å². The van der Waals surface area contributed by atoms with Gasteiger partial charge in [0.2, 0.25) is 5.95 Å². The molecule has 3 heterocycles. The number of anilines is 3. The predicted molar refractivity (Wildman–Crippen MR) is 76.0 cm³/mol. The van der Waals surface area contributed by atoms with Crippen LogP contribution in [0.2, 0.25) is 0 Å². The Morgan fingerprint density at radius 1 is 1.53 bits per heavy atom. The van der Waals surface area contributed by atoms with E-state index >= 15 is 0 Å². The zero-order chi connectivity index (χ0) is 13.4. The van der Waals surface area contributed by atoms with E-state index in [4.69, 9.17) is 5.73 Å². The van der Waals surface area contributed by atoms with Crippen LogP contribution in [0, 0.1) is 0 Å². The standard InChI is InChI=1S/C11H11BrN6O/c12-10-15-7-8(16-11(13)17-9(7)19)18(10)5-6-2-1-3-14-4-6/h1-4,10,15H,5H2,(H3,13,16,17,19). The van der Waals surface area contributed by atoms with Crippen molar-refractivity contribution in [1.82, 2.24) is 15.0 Å². The molecule has 1 unspecified atom stereocenters. The first-order chi connectivity index (χ1) is 9.15. The molecule has 0 saturated carbocycles. The summed E-state index contributed by atoms with van der Waals surface area (Å²) in [4.78, 5) is 24.4. The average molecular weight is 323 g/mol. The number of hydrogen-bond acceptors (Lipinski definition) is 6. The van der Waals surface area contributed by atoms with Crippen LogP contribution < -0.4 is 21.5 Å². The summed E-state index contributed by atoms with van der Waals surface area (Å²) in [6.45, 7) is 0.569. The first-order valence-electron chi connectivity index (χ1n) is 5.61. The molecule has 0 amide bonds. The van der Waals surface area contributed by atoms with Gasteiger partial charge in [-0.2, -0.15) is 4.98 Å². The summed E-state index contributed by atoms with van der Waals surface area (Å²) >= 11 is 3.46. The Balaban J connectivity index is 1.99. The molecule has 0 bridgehead atoms. The van der Waals surface area contributed by atoms with Crippen LogP contribution in [0.3, 0.4) is 0 Å². The molecule has 2 aromatic rings. The summed E-state index contributed by atoms with van der Waals surface area (Å²) < 4.78 is 0. The van der Waals surface area contributed by atoms with E-state index in [2.05, 4.69) is 36.2 Å². The number of rotatable bonds is 2. The number of nitrogens with two attached hydrogens (primary N) is 1. The van der Waals surface area contributed by atoms with Gasteiger partial charge in [0.05, 0.1) is 0 Å². The highest BCUT2D eigenvalue weighted by molar-refractivity contribution is 9.09. The fraction of sp³-hybridized carbons (Fsp3) is 0.182. The Labute approximate surface area is 117 Å². The van der Waals surface area contributed by atoms with Crippen LogP contribution in [0.5, 0.6) is 0 Å². The van der Waals surface area contributed by atoms with Crippen molar-refractivity contribution in [2.24, 2.45) is 0 Å². The quantitative estimate of drug-likeness (QED) is 0.560. The Kier molecular flexibility index (Phi) is 2.86. The molecule has 19 heavy (non-hydrogen) atoms. The number of alkyl halides is 1. The summed E-state index contributed by atoms with van der Waals surface area (Å²) in [5, 5.41) is 2.81. The highest BCUT2D eigenvalue weighted by Crippen LogP contribution is 2.33. The van der Waals surface area contributed by atoms with E-state index in [1.54, 1.807) is 12.4 Å². The largest absolute Gasteiger partial charge is 0.369 e. The van der Waals surface area contributed by atoms with Crippen LogP contribution in [0.1, 0.15) is 5.56 Å². The lowest BCUT2D eigenvalue weighted by Gasteiger charge is -2.21. The lowest BCUT2D eigenvalue weighted by atomic mass is 10.3. The Morgan fingerprint density at radius 2 is 2.37 bits per heavy atom. The second kappa shape index (κ2) is 4.54. The molecule has 1 aliphatic heterocycles. The molecule has 7 nitrogen and oxygen atoms in total. The van der Waals surface area contributed by atoms with Gasteiger partial charge in [-0.05, 0) is 27.6 Å². The lowest BCUT2D eigenvalue weighted by Crippen LogP contribution is -2.30. The average Bonchev–Trinajstić information content (AvgIpc) is 2.69. The van der Waals surface area contributed by atoms with Gasteiger partial charge < -0.3 is 16.0 Å². The van der Waals surface area contributed by atoms with E-state index in [-0.39, 0.29) is 16.6 Å². The normalized spacial score (nSPS) is 17.1. The first kappa shape index (κ1) is 12.0. The van der Waals surface area contributed by atoms with E-state index in [0.29, 0.717) is 18.1 Å². The van der Waals surface area contributed by atoms with Gasteiger partial charge in [0.15, 0.2) is 10.9 Å². The minimum atomic E-state index is -0.277. The third kappa shape index (κ3) is 2.14. The van der Waals surface area contributed by atoms with Gasteiger partial charge in [0.25, 0.3) is 5.56 Å². The number of aromatic amines is 1. The smallest absolute Gasteiger partial charge is 0.277 e. The number of H-pyrrole nitrogens is 1. The summed E-state index contributed by atoms with van der Waals surface area (Å²) in [5.41, 5.74) is 6.74. The molecular formula is C11H11BrN6O. The van der Waals surface area contributed by atoms with Gasteiger partial charge in [-0.3, -0.25) is 14.8 Å². The Morgan fingerprint density at radius 3 is 3.11 bits per heavy atom. The van der Waals surface area contributed by atoms with Crippen molar-refractivity contribution in [1.29, 1.82) is 0 Å². The van der Waals surface area contributed by atoms with E-state index in [9.17, 15) is 4.79 Å². The van der Waals surface area contributed by atoms with E-state index < -0.39 is 0 Å². The number of halogens is 1. The summed E-state index contributed by atoms with van der Waals surface area (Å²) in [6, 6.07) is 3.82. The third-order valence-electron chi connectivity index (χ3n) is 2.80. The third-order valence-corrected chi connectivity index (χ3v) is 3.53. The summed E-state index contributed by atoms with van der Waals surface area (Å²) in [6.07, 6.45) is 3.49. The van der Waals surface area contributed by atoms with Gasteiger partial charge in [0.1, 0.15) is 5.69 Å². The second-order valence-corrected chi connectivity index (χ2v) is 4.99. The number of nitrogens with one attached hydrogen (secondary N) is 2. The first-order valence-corrected chi connectivity index (χ1v) is 6.52. The van der Waals surface area contributed by atoms with Crippen LogP contribution in [-0.4, -0.2) is 20.0 Å². The molecule has 0 aliphatic carbocycles. The fourth-order valence-electron chi connectivity index (χ4n) is 1.96. The molecule has 1 atom stereocenters. The lowest BCUT2D eigenvalue weighted by molar-refractivity contribution is 0.825. The molecule has 4 N–H and O–H groups in total. The molecule has 2 aromatic heterocycles. The van der Waals surface area contributed by atoms with Crippen molar-refractivity contribution >= 4 is 33.4 Å². The van der Waals surface area contributed by atoms with E-state index in [0.717, 1.165) is 5.56 Å². The molecule has 98 valence electrons. The van der Waals surface area contributed by atoms with Gasteiger partial charge in [-0.1, -0.05) is 6.07 Å². The highest BCUT2D eigenvalue weighted by Gasteiger charge is 2.30. The molecule has 0 fully saturated rings. The molecule has 8 heteroatoms. The summed E-state index contributed by atoms with van der Waals surface area (Å²) in [5.74, 6) is 0.635. The zero-order valence-electron chi connectivity index (χ0n) is 9.80. The van der Waals surface area contributed by atoms with Gasteiger partial charge in [-0.15, -0.1) is 0 Å². The van der Waals surface area contributed by atoms with Crippen LogP contribution >= 0.6 is 15.9 Å². The maximum absolute atomic E-state index is 11.8. The van der Waals surface area contributed by atoms with Gasteiger partial charge >= 0.3 is 0 Å². The molecule has 0 spiro atoms. The number of fused-ring (bicyclic) bond motifs is 1. The van der Waals surface area contributed by atoms with Crippen molar-refractivity contribution in [2.45, 2.75) is 11.6 Å². The van der Waals surface area contributed by atoms with Crippen molar-refractivity contribution < 1.29 is 0 Å². The number of nitrogen functional groups attached to an aromatic ring is 1. The van der Waals surface area contributed by atoms with Crippen molar-refractivity contribution in [2.75, 3.05) is 16.0 Å². The van der Waals surface area contributed by atoms with Crippen molar-refractivity contribution in [3.05, 3.63) is 40.4 Å². The van der Waals surface area contributed by atoms with Gasteiger partial charge in [-0.25, -0.2) is 0 Å². The highest BCUT2D eigenvalue weighted by atomic mass is 79.9. The Hall–Kier alpha value is -2.09. The SMILES string of the molecule is Nc1nc2c(c(=O)[nH]1)NC(Br)N2Cc1cccnc1. The van der Waals surface area contributed by atoms with Crippen molar-refractivity contribution in [3.8, 4) is 0 Å². The predicted octanol–water partition coefficient (Wildman–Crippen LogP) is 0.858. The number of hydrogen-bond donors (Lipinski definition) is 3.